The van der Waals surface area contributed by atoms with Gasteiger partial charge in [0.2, 0.25) is 0 Å². The quantitative estimate of drug-likeness (QED) is 0.417. The summed E-state index contributed by atoms with van der Waals surface area (Å²) in [5.41, 5.74) is 6.02. The molecule has 31 heavy (non-hydrogen) atoms. The summed E-state index contributed by atoms with van der Waals surface area (Å²) in [6.45, 7) is 8.13. The highest BCUT2D eigenvalue weighted by atomic mass is 32.1. The molecule has 0 unspecified atom stereocenters. The zero-order valence-corrected chi connectivity index (χ0v) is 19.4. The number of nitrogens with zero attached hydrogens (tertiary/aromatic N) is 2. The Kier molecular flexibility index (Phi) is 5.84. The maximum absolute atomic E-state index is 13.4. The minimum atomic E-state index is -0.446. The summed E-state index contributed by atoms with van der Waals surface area (Å²) in [6, 6.07) is 8.42. The van der Waals surface area contributed by atoms with Crippen molar-refractivity contribution in [2.75, 3.05) is 4.90 Å². The van der Waals surface area contributed by atoms with E-state index in [2.05, 4.69) is 29.8 Å². The first-order chi connectivity index (χ1) is 14.8. The summed E-state index contributed by atoms with van der Waals surface area (Å²) < 4.78 is 2.38. The van der Waals surface area contributed by atoms with E-state index < -0.39 is 5.91 Å². The molecule has 2 aliphatic rings. The van der Waals surface area contributed by atoms with Crippen LogP contribution in [0.2, 0.25) is 0 Å². The van der Waals surface area contributed by atoms with Gasteiger partial charge in [0.05, 0.1) is 5.69 Å². The SMILES string of the molecule is Cc1cc(C)cc(N2C(=O)/C(=C/c3cc(C)n(C4CCCCC4)c3C)C(=O)NC2=S)c1. The van der Waals surface area contributed by atoms with Crippen molar-refractivity contribution in [3.63, 3.8) is 0 Å². The van der Waals surface area contributed by atoms with Gasteiger partial charge in [0.1, 0.15) is 5.57 Å². The predicted octanol–water partition coefficient (Wildman–Crippen LogP) is 5.06. The van der Waals surface area contributed by atoms with E-state index in [1.807, 2.05) is 32.0 Å². The fraction of sp³-hybridized carbons (Fsp3) is 0.400. The summed E-state index contributed by atoms with van der Waals surface area (Å²) in [5.74, 6) is -0.834. The van der Waals surface area contributed by atoms with Crippen LogP contribution in [-0.4, -0.2) is 21.5 Å². The molecule has 1 saturated heterocycles. The van der Waals surface area contributed by atoms with Gasteiger partial charge in [-0.1, -0.05) is 25.3 Å². The smallest absolute Gasteiger partial charge is 0.270 e. The number of hydrogen-bond donors (Lipinski definition) is 1. The molecule has 0 spiro atoms. The highest BCUT2D eigenvalue weighted by Gasteiger charge is 2.35. The average Bonchev–Trinajstić information content (AvgIpc) is 2.98. The van der Waals surface area contributed by atoms with Crippen LogP contribution in [0.15, 0.2) is 29.8 Å². The standard InChI is InChI=1S/C25H29N3O2S/c1-15-10-16(2)12-21(11-15)28-24(30)22(23(29)26-25(28)31)14-19-13-17(3)27(18(19)4)20-8-6-5-7-9-20/h10-14,20H,5-9H2,1-4H3,(H,26,29,31)/b22-14+. The topological polar surface area (TPSA) is 54.3 Å². The van der Waals surface area contributed by atoms with Crippen LogP contribution >= 0.6 is 12.2 Å². The number of thiocarbonyl (C=S) groups is 1. The molecule has 2 amide bonds. The van der Waals surface area contributed by atoms with Crippen molar-refractivity contribution in [3.05, 3.63) is 57.9 Å². The largest absolute Gasteiger partial charge is 0.346 e. The van der Waals surface area contributed by atoms with E-state index in [-0.39, 0.29) is 16.6 Å². The van der Waals surface area contributed by atoms with Gasteiger partial charge >= 0.3 is 0 Å². The van der Waals surface area contributed by atoms with Crippen LogP contribution in [0.4, 0.5) is 5.69 Å². The van der Waals surface area contributed by atoms with Crippen molar-refractivity contribution in [1.82, 2.24) is 9.88 Å². The second-order valence-electron chi connectivity index (χ2n) is 8.79. The van der Waals surface area contributed by atoms with Crippen LogP contribution in [0.1, 0.15) is 66.2 Å². The first-order valence-electron chi connectivity index (χ1n) is 10.9. The number of nitrogens with one attached hydrogen (secondary N) is 1. The van der Waals surface area contributed by atoms with E-state index in [0.717, 1.165) is 22.4 Å². The third-order valence-electron chi connectivity index (χ3n) is 6.33. The summed E-state index contributed by atoms with van der Waals surface area (Å²) >= 11 is 5.35. The Balaban J connectivity index is 1.72. The van der Waals surface area contributed by atoms with E-state index in [9.17, 15) is 9.59 Å². The lowest BCUT2D eigenvalue weighted by Crippen LogP contribution is -2.54. The Hall–Kier alpha value is -2.73. The van der Waals surface area contributed by atoms with Crippen molar-refractivity contribution in [2.24, 2.45) is 0 Å². The number of carbonyl (C=O) groups excluding carboxylic acids is 2. The number of anilines is 1. The number of aryl methyl sites for hydroxylation is 3. The van der Waals surface area contributed by atoms with Gasteiger partial charge in [-0.2, -0.15) is 0 Å². The lowest BCUT2D eigenvalue weighted by molar-refractivity contribution is -0.122. The zero-order chi connectivity index (χ0) is 22.3. The first-order valence-corrected chi connectivity index (χ1v) is 11.4. The highest BCUT2D eigenvalue weighted by Crippen LogP contribution is 2.33. The molecule has 1 aromatic carbocycles. The molecule has 1 saturated carbocycles. The summed E-state index contributed by atoms with van der Waals surface area (Å²) in [7, 11) is 0. The molecule has 1 aliphatic heterocycles. The molecule has 0 atom stereocenters. The molecule has 0 bridgehead atoms. The Morgan fingerprint density at radius 1 is 0.968 bits per heavy atom. The van der Waals surface area contributed by atoms with E-state index in [1.54, 1.807) is 6.08 Å². The first kappa shape index (κ1) is 21.5. The molecule has 1 aromatic heterocycles. The van der Waals surface area contributed by atoms with Crippen LogP contribution in [0.5, 0.6) is 0 Å². The van der Waals surface area contributed by atoms with Gasteiger partial charge < -0.3 is 4.57 Å². The second kappa shape index (κ2) is 8.42. The third kappa shape index (κ3) is 4.09. The minimum Gasteiger partial charge on any atom is -0.346 e. The van der Waals surface area contributed by atoms with Crippen molar-refractivity contribution in [2.45, 2.75) is 65.8 Å². The predicted molar refractivity (Wildman–Crippen MR) is 128 cm³/mol. The van der Waals surface area contributed by atoms with Crippen LogP contribution in [-0.2, 0) is 9.59 Å². The normalized spacial score (nSPS) is 19.3. The van der Waals surface area contributed by atoms with Gasteiger partial charge in [-0.15, -0.1) is 0 Å². The Bertz CT molecular complexity index is 1090. The van der Waals surface area contributed by atoms with Gasteiger partial charge in [0.25, 0.3) is 11.8 Å². The number of carbonyl (C=O) groups is 2. The molecule has 4 rings (SSSR count). The number of amides is 2. The highest BCUT2D eigenvalue weighted by molar-refractivity contribution is 7.80. The summed E-state index contributed by atoms with van der Waals surface area (Å²) in [4.78, 5) is 27.5. The Morgan fingerprint density at radius 2 is 1.61 bits per heavy atom. The lowest BCUT2D eigenvalue weighted by Gasteiger charge is -2.29. The Labute approximate surface area is 189 Å². The Morgan fingerprint density at radius 3 is 2.26 bits per heavy atom. The maximum atomic E-state index is 13.4. The molecular weight excluding hydrogens is 406 g/mol. The fourth-order valence-electron chi connectivity index (χ4n) is 4.98. The number of benzene rings is 1. The van der Waals surface area contributed by atoms with Crippen molar-refractivity contribution in [3.8, 4) is 0 Å². The van der Waals surface area contributed by atoms with E-state index >= 15 is 0 Å². The molecule has 1 aliphatic carbocycles. The molecule has 2 heterocycles. The van der Waals surface area contributed by atoms with Crippen LogP contribution < -0.4 is 10.2 Å². The van der Waals surface area contributed by atoms with Gasteiger partial charge in [-0.25, -0.2) is 0 Å². The second-order valence-corrected chi connectivity index (χ2v) is 9.18. The minimum absolute atomic E-state index is 0.108. The molecule has 2 fully saturated rings. The van der Waals surface area contributed by atoms with E-state index in [4.69, 9.17) is 12.2 Å². The van der Waals surface area contributed by atoms with Crippen molar-refractivity contribution in [1.29, 1.82) is 0 Å². The van der Waals surface area contributed by atoms with Gasteiger partial charge in [-0.05, 0) is 93.7 Å². The lowest BCUT2D eigenvalue weighted by atomic mass is 9.95. The number of rotatable bonds is 3. The maximum Gasteiger partial charge on any atom is 0.270 e. The van der Waals surface area contributed by atoms with Crippen LogP contribution in [0.3, 0.4) is 0 Å². The zero-order valence-electron chi connectivity index (χ0n) is 18.6. The molecule has 2 aromatic rings. The molecule has 5 nitrogen and oxygen atoms in total. The number of hydrogen-bond acceptors (Lipinski definition) is 3. The monoisotopic (exact) mass is 435 g/mol. The van der Waals surface area contributed by atoms with Crippen LogP contribution in [0.25, 0.3) is 6.08 Å². The summed E-state index contributed by atoms with van der Waals surface area (Å²) in [5, 5.41) is 2.81. The van der Waals surface area contributed by atoms with E-state index in [0.29, 0.717) is 11.7 Å². The van der Waals surface area contributed by atoms with Gasteiger partial charge in [0.15, 0.2) is 5.11 Å². The molecule has 0 radical (unpaired) electrons. The van der Waals surface area contributed by atoms with Crippen molar-refractivity contribution < 1.29 is 9.59 Å². The molecular formula is C25H29N3O2S. The fourth-order valence-corrected chi connectivity index (χ4v) is 5.26. The third-order valence-corrected chi connectivity index (χ3v) is 6.61. The van der Waals surface area contributed by atoms with Crippen LogP contribution in [0, 0.1) is 27.7 Å². The van der Waals surface area contributed by atoms with Gasteiger partial charge in [-0.3, -0.25) is 19.8 Å². The average molecular weight is 436 g/mol. The van der Waals surface area contributed by atoms with E-state index in [1.165, 1.54) is 42.7 Å². The van der Waals surface area contributed by atoms with Gasteiger partial charge in [0, 0.05) is 17.4 Å². The molecule has 6 heteroatoms. The summed E-state index contributed by atoms with van der Waals surface area (Å²) in [6.07, 6.45) is 7.89. The van der Waals surface area contributed by atoms with Crippen molar-refractivity contribution >= 4 is 40.9 Å². The molecule has 1 N–H and O–H groups in total. The molecule has 162 valence electrons. The number of aromatic nitrogens is 1.